The van der Waals surface area contributed by atoms with E-state index in [-0.39, 0.29) is 0 Å². The van der Waals surface area contributed by atoms with Crippen LogP contribution in [0.1, 0.15) is 0 Å². The molecule has 0 aromatic rings. The zero-order valence-electron chi connectivity index (χ0n) is 3.55. The molecule has 2 N–H and O–H groups in total. The summed E-state index contributed by atoms with van der Waals surface area (Å²) in [6, 6.07) is 0. The molecule has 0 spiro atoms. The molecule has 0 aliphatic carbocycles. The Balaban J connectivity index is 0. The van der Waals surface area contributed by atoms with E-state index in [1.807, 2.05) is 0 Å². The van der Waals surface area contributed by atoms with Crippen LogP contribution in [0.3, 0.4) is 0 Å². The van der Waals surface area contributed by atoms with Gasteiger partial charge in [-0.2, -0.15) is 0 Å². The van der Waals surface area contributed by atoms with Gasteiger partial charge in [0.1, 0.15) is 0 Å². The van der Waals surface area contributed by atoms with Crippen molar-refractivity contribution in [3.8, 4) is 0 Å². The van der Waals surface area contributed by atoms with Gasteiger partial charge in [-0.3, -0.25) is 0 Å². The van der Waals surface area contributed by atoms with Crippen molar-refractivity contribution in [2.75, 3.05) is 0 Å². The van der Waals surface area contributed by atoms with Crippen LogP contribution in [0.2, 0.25) is 0 Å². The SMILES string of the molecule is O=[Te](=O)(O)O.S=CS. The Kier molecular flexibility index (Phi) is 8.48. The van der Waals surface area contributed by atoms with Crippen LogP contribution in [0.4, 0.5) is 0 Å². The van der Waals surface area contributed by atoms with Gasteiger partial charge in [-0.15, -0.1) is 12.6 Å². The van der Waals surface area contributed by atoms with Crippen molar-refractivity contribution in [1.82, 2.24) is 0 Å². The zero-order valence-corrected chi connectivity index (χ0v) is 7.59. The van der Waals surface area contributed by atoms with Gasteiger partial charge in [0.15, 0.2) is 0 Å². The van der Waals surface area contributed by atoms with Crippen LogP contribution in [0.5, 0.6) is 0 Å². The van der Waals surface area contributed by atoms with E-state index >= 15 is 0 Å². The van der Waals surface area contributed by atoms with Crippen molar-refractivity contribution in [3.63, 3.8) is 0 Å². The fourth-order valence-corrected chi connectivity index (χ4v) is 0. The number of hydrogen-bond donors (Lipinski definition) is 3. The van der Waals surface area contributed by atoms with Crippen molar-refractivity contribution in [2.45, 2.75) is 0 Å². The summed E-state index contributed by atoms with van der Waals surface area (Å²) in [6.07, 6.45) is 0. The molecule has 0 aliphatic heterocycles. The molecule has 0 bridgehead atoms. The van der Waals surface area contributed by atoms with Gasteiger partial charge in [-0.05, 0) is 0 Å². The molecular formula is CH4O4S2Te. The third-order valence-corrected chi connectivity index (χ3v) is 0. The molecule has 0 aromatic carbocycles. The topological polar surface area (TPSA) is 74.6 Å². The first-order chi connectivity index (χ1) is 3.41. The summed E-state index contributed by atoms with van der Waals surface area (Å²) in [5, 5.41) is 0. The molecule has 0 saturated carbocycles. The first-order valence-corrected chi connectivity index (χ1v) is 6.17. The second-order valence-electron chi connectivity index (χ2n) is 0.553. The molecule has 0 rings (SSSR count). The Labute approximate surface area is 61.6 Å². The minimum Gasteiger partial charge on any atom is -0.140 e. The van der Waals surface area contributed by atoms with Crippen molar-refractivity contribution in [3.05, 3.63) is 0 Å². The summed E-state index contributed by atoms with van der Waals surface area (Å²) in [5.74, 6) is 0. The van der Waals surface area contributed by atoms with E-state index in [4.69, 9.17) is 13.2 Å². The molecule has 0 unspecified atom stereocenters. The van der Waals surface area contributed by atoms with Gasteiger partial charge in [0.05, 0.1) is 0 Å². The molecule has 0 heterocycles. The van der Waals surface area contributed by atoms with Gasteiger partial charge >= 0.3 is 32.1 Å². The Hall–Kier alpha value is 0.750. The molecule has 0 radical (unpaired) electrons. The average molecular weight is 272 g/mol. The number of hydrogen-bond acceptors (Lipinski definition) is 3. The third-order valence-electron chi connectivity index (χ3n) is 0. The van der Waals surface area contributed by atoms with Crippen molar-refractivity contribution < 1.29 is 13.2 Å². The molecule has 7 heteroatoms. The van der Waals surface area contributed by atoms with Crippen LogP contribution in [-0.2, 0) is 6.21 Å². The Morgan fingerprint density at radius 1 is 1.50 bits per heavy atom. The van der Waals surface area contributed by atoms with Crippen LogP contribution in [0, 0.1) is 0 Å². The first kappa shape index (κ1) is 11.5. The minimum absolute atomic E-state index is 1.28. The maximum Gasteiger partial charge on any atom is 0.0310 e. The monoisotopic (exact) mass is 274 g/mol. The maximum atomic E-state index is 8.85. The quantitative estimate of drug-likeness (QED) is 0.304. The van der Waals surface area contributed by atoms with Crippen LogP contribution in [0.25, 0.3) is 0 Å². The fraction of sp³-hybridized carbons (Fsp3) is 0. The Morgan fingerprint density at radius 3 is 1.50 bits per heavy atom. The van der Waals surface area contributed by atoms with E-state index in [1.54, 1.807) is 0 Å². The van der Waals surface area contributed by atoms with E-state index in [1.165, 1.54) is 4.70 Å². The number of rotatable bonds is 0. The predicted octanol–water partition coefficient (Wildman–Crippen LogP) is -0.859. The number of thiol groups is 1. The second kappa shape index (κ2) is 5.88. The van der Waals surface area contributed by atoms with Crippen LogP contribution >= 0.6 is 24.8 Å². The van der Waals surface area contributed by atoms with Crippen LogP contribution < -0.4 is 0 Å². The summed E-state index contributed by atoms with van der Waals surface area (Å²) < 4.78 is 33.3. The van der Waals surface area contributed by atoms with E-state index in [0.29, 0.717) is 0 Å². The van der Waals surface area contributed by atoms with E-state index < -0.39 is 19.0 Å². The summed E-state index contributed by atoms with van der Waals surface area (Å²) in [4.78, 5) is 0. The fourth-order valence-electron chi connectivity index (χ4n) is 0. The Morgan fingerprint density at radius 2 is 1.50 bits per heavy atom. The molecule has 8 heavy (non-hydrogen) atoms. The standard InChI is InChI=1S/CH2S2.H2O4Te/c2-1-3;1-5(2,3)4/h1H,(H,2,3);(H2,1,2,3,4). The van der Waals surface area contributed by atoms with E-state index in [9.17, 15) is 0 Å². The van der Waals surface area contributed by atoms with E-state index in [0.717, 1.165) is 0 Å². The minimum atomic E-state index is -5.52. The molecule has 0 amide bonds. The van der Waals surface area contributed by atoms with Gasteiger partial charge in [0, 0.05) is 4.70 Å². The summed E-state index contributed by atoms with van der Waals surface area (Å²) in [5.41, 5.74) is 0. The van der Waals surface area contributed by atoms with Gasteiger partial charge in [-0.25, -0.2) is 0 Å². The summed E-state index contributed by atoms with van der Waals surface area (Å²) in [6.45, 7) is 0. The first-order valence-electron chi connectivity index (χ1n) is 1.19. The molecule has 0 fully saturated rings. The summed E-state index contributed by atoms with van der Waals surface area (Å²) in [7, 11) is 0. The van der Waals surface area contributed by atoms with Gasteiger partial charge < -0.3 is 0 Å². The summed E-state index contributed by atoms with van der Waals surface area (Å²) >= 11 is 2.09. The zero-order chi connectivity index (χ0) is 7.21. The maximum absolute atomic E-state index is 8.85. The van der Waals surface area contributed by atoms with Crippen LogP contribution in [-0.4, -0.2) is 30.6 Å². The second-order valence-corrected chi connectivity index (χ2v) is 3.95. The van der Waals surface area contributed by atoms with Gasteiger partial charge in [0.2, 0.25) is 0 Å². The normalized spacial score (nSPS) is 8.88. The van der Waals surface area contributed by atoms with Crippen molar-refractivity contribution in [1.29, 1.82) is 0 Å². The molecular weight excluding hydrogens is 268 g/mol. The van der Waals surface area contributed by atoms with Gasteiger partial charge in [0.25, 0.3) is 0 Å². The number of thiocarbonyl (C=S) groups is 1. The van der Waals surface area contributed by atoms with Crippen LogP contribution in [0.15, 0.2) is 0 Å². The molecule has 50 valence electrons. The molecule has 0 saturated heterocycles. The van der Waals surface area contributed by atoms with E-state index in [2.05, 4.69) is 24.8 Å². The van der Waals surface area contributed by atoms with Crippen molar-refractivity contribution in [2.24, 2.45) is 0 Å². The predicted molar refractivity (Wildman–Crippen MR) is 34.2 cm³/mol. The molecule has 0 atom stereocenters. The average Bonchev–Trinajstić information content (AvgIpc) is 1.27. The van der Waals surface area contributed by atoms with Gasteiger partial charge in [-0.1, -0.05) is 12.2 Å². The largest absolute Gasteiger partial charge is 0.140 e. The third kappa shape index (κ3) is 397. The van der Waals surface area contributed by atoms with Crippen molar-refractivity contribution >= 4 is 48.5 Å². The molecule has 4 nitrogen and oxygen atoms in total. The Bertz CT molecular complexity index is 128. The smallest absolute Gasteiger partial charge is 0.0310 e. The molecule has 0 aromatic heterocycles. The molecule has 0 aliphatic rings.